The highest BCUT2D eigenvalue weighted by Gasteiger charge is 2.07. The van der Waals surface area contributed by atoms with E-state index in [-0.39, 0.29) is 5.56 Å². The van der Waals surface area contributed by atoms with Crippen LogP contribution in [0, 0.1) is 0 Å². The van der Waals surface area contributed by atoms with E-state index in [2.05, 4.69) is 21.2 Å². The van der Waals surface area contributed by atoms with Crippen molar-refractivity contribution in [1.29, 1.82) is 0 Å². The summed E-state index contributed by atoms with van der Waals surface area (Å²) in [6.45, 7) is 1.25. The Bertz CT molecular complexity index is 520. The van der Waals surface area contributed by atoms with Crippen molar-refractivity contribution in [3.63, 3.8) is 0 Å². The zero-order chi connectivity index (χ0) is 12.3. The Labute approximate surface area is 110 Å². The molecule has 4 nitrogen and oxygen atoms in total. The number of halogens is 1. The minimum Gasteiger partial charge on any atom is -0.478 e. The molecule has 0 amide bonds. The summed E-state index contributed by atoms with van der Waals surface area (Å²) in [5.41, 5.74) is 0.181. The number of carbonyl (C=O) groups is 1. The van der Waals surface area contributed by atoms with Gasteiger partial charge in [0, 0.05) is 21.3 Å². The molecule has 0 saturated carbocycles. The molecule has 2 aromatic heterocycles. The summed E-state index contributed by atoms with van der Waals surface area (Å²) in [7, 11) is 0. The van der Waals surface area contributed by atoms with Crippen molar-refractivity contribution in [2.45, 2.75) is 13.1 Å². The summed E-state index contributed by atoms with van der Waals surface area (Å²) >= 11 is 5.05. The fourth-order valence-electron chi connectivity index (χ4n) is 1.34. The molecule has 0 saturated heterocycles. The molecular weight excluding hydrogens is 306 g/mol. The third-order valence-corrected chi connectivity index (χ3v) is 3.82. The number of carboxylic acid groups (broad SMARTS) is 1. The molecule has 2 N–H and O–H groups in total. The fraction of sp³-hybridized carbons (Fsp3) is 0.182. The summed E-state index contributed by atoms with van der Waals surface area (Å²) in [5.74, 6) is -0.347. The summed E-state index contributed by atoms with van der Waals surface area (Å²) in [6.07, 6.45) is 1.25. The van der Waals surface area contributed by atoms with E-state index in [1.807, 2.05) is 11.4 Å². The van der Waals surface area contributed by atoms with Crippen LogP contribution in [-0.4, -0.2) is 11.1 Å². The van der Waals surface area contributed by atoms with Gasteiger partial charge in [-0.3, -0.25) is 0 Å². The van der Waals surface area contributed by atoms with Gasteiger partial charge in [0.05, 0.1) is 12.1 Å². The van der Waals surface area contributed by atoms with E-state index < -0.39 is 5.97 Å². The predicted octanol–water partition coefficient (Wildman–Crippen LogP) is 3.09. The highest BCUT2D eigenvalue weighted by Crippen LogP contribution is 2.19. The van der Waals surface area contributed by atoms with E-state index in [0.29, 0.717) is 12.3 Å². The largest absolute Gasteiger partial charge is 0.478 e. The van der Waals surface area contributed by atoms with Crippen LogP contribution in [-0.2, 0) is 13.1 Å². The summed E-state index contributed by atoms with van der Waals surface area (Å²) in [4.78, 5) is 11.8. The van der Waals surface area contributed by atoms with E-state index in [9.17, 15) is 4.79 Å². The summed E-state index contributed by atoms with van der Waals surface area (Å²) in [6, 6.07) is 3.57. The van der Waals surface area contributed by atoms with Crippen molar-refractivity contribution in [1.82, 2.24) is 5.32 Å². The first-order valence-electron chi connectivity index (χ1n) is 4.89. The zero-order valence-corrected chi connectivity index (χ0v) is 11.2. The van der Waals surface area contributed by atoms with Gasteiger partial charge in [0.15, 0.2) is 0 Å². The van der Waals surface area contributed by atoms with Crippen LogP contribution >= 0.6 is 27.3 Å². The molecule has 90 valence electrons. The van der Waals surface area contributed by atoms with Gasteiger partial charge in [-0.1, -0.05) is 0 Å². The van der Waals surface area contributed by atoms with Gasteiger partial charge in [0.25, 0.3) is 0 Å². The number of hydrogen-bond acceptors (Lipinski definition) is 4. The Kier molecular flexibility index (Phi) is 3.98. The molecule has 2 rings (SSSR count). The SMILES string of the molecule is O=C(O)c1coc(CNCc2cc(Br)cs2)c1. The number of carboxylic acids is 1. The number of rotatable bonds is 5. The number of thiophene rings is 1. The standard InChI is InChI=1S/C11H10BrNO3S/c12-8-2-10(17-6-8)4-13-3-9-1-7(5-16-9)11(14)15/h1-2,5-6,13H,3-4H2,(H,14,15). The number of hydrogen-bond donors (Lipinski definition) is 2. The lowest BCUT2D eigenvalue weighted by Crippen LogP contribution is -2.11. The predicted molar refractivity (Wildman–Crippen MR) is 68.2 cm³/mol. The molecule has 0 fully saturated rings. The average molecular weight is 316 g/mol. The molecule has 0 aromatic carbocycles. The lowest BCUT2D eigenvalue weighted by atomic mass is 10.3. The van der Waals surface area contributed by atoms with E-state index in [0.717, 1.165) is 11.0 Å². The van der Waals surface area contributed by atoms with Crippen molar-refractivity contribution in [2.75, 3.05) is 0 Å². The van der Waals surface area contributed by atoms with Gasteiger partial charge in [0.2, 0.25) is 0 Å². The molecule has 2 aromatic rings. The second-order valence-electron chi connectivity index (χ2n) is 3.44. The van der Waals surface area contributed by atoms with Crippen LogP contribution in [0.5, 0.6) is 0 Å². The molecule has 0 aliphatic carbocycles. The van der Waals surface area contributed by atoms with Gasteiger partial charge in [-0.05, 0) is 28.1 Å². The second kappa shape index (κ2) is 5.48. The van der Waals surface area contributed by atoms with Crippen LogP contribution in [0.4, 0.5) is 0 Å². The Morgan fingerprint density at radius 2 is 2.29 bits per heavy atom. The van der Waals surface area contributed by atoms with Crippen molar-refractivity contribution < 1.29 is 14.3 Å². The monoisotopic (exact) mass is 315 g/mol. The first-order chi connectivity index (χ1) is 8.15. The molecule has 6 heteroatoms. The van der Waals surface area contributed by atoms with Crippen LogP contribution in [0.25, 0.3) is 0 Å². The number of nitrogens with one attached hydrogen (secondary N) is 1. The molecule has 17 heavy (non-hydrogen) atoms. The molecule has 0 aliphatic heterocycles. The topological polar surface area (TPSA) is 62.5 Å². The third-order valence-electron chi connectivity index (χ3n) is 2.12. The Balaban J connectivity index is 1.83. The molecule has 0 unspecified atom stereocenters. The Morgan fingerprint density at radius 3 is 2.88 bits per heavy atom. The maximum absolute atomic E-state index is 10.6. The highest BCUT2D eigenvalue weighted by molar-refractivity contribution is 9.10. The van der Waals surface area contributed by atoms with E-state index in [1.54, 1.807) is 11.3 Å². The summed E-state index contributed by atoms with van der Waals surface area (Å²) in [5, 5.41) is 13.9. The average Bonchev–Trinajstić information content (AvgIpc) is 2.88. The molecule has 0 aliphatic rings. The smallest absolute Gasteiger partial charge is 0.338 e. The van der Waals surface area contributed by atoms with E-state index >= 15 is 0 Å². The molecule has 0 atom stereocenters. The van der Waals surface area contributed by atoms with Crippen LogP contribution in [0.3, 0.4) is 0 Å². The molecule has 0 spiro atoms. The third kappa shape index (κ3) is 3.42. The van der Waals surface area contributed by atoms with Gasteiger partial charge in [0.1, 0.15) is 12.0 Å². The Hall–Kier alpha value is -1.11. The van der Waals surface area contributed by atoms with Gasteiger partial charge in [-0.2, -0.15) is 0 Å². The highest BCUT2D eigenvalue weighted by atomic mass is 79.9. The number of furan rings is 1. The van der Waals surface area contributed by atoms with Gasteiger partial charge >= 0.3 is 5.97 Å². The van der Waals surface area contributed by atoms with Gasteiger partial charge < -0.3 is 14.8 Å². The first-order valence-corrected chi connectivity index (χ1v) is 6.57. The second-order valence-corrected chi connectivity index (χ2v) is 5.35. The lowest BCUT2D eigenvalue weighted by molar-refractivity contribution is 0.0696. The van der Waals surface area contributed by atoms with Crippen LogP contribution < -0.4 is 5.32 Å². The minimum absolute atomic E-state index is 0.181. The zero-order valence-electron chi connectivity index (χ0n) is 8.77. The molecule has 2 heterocycles. The van der Waals surface area contributed by atoms with Gasteiger partial charge in [-0.25, -0.2) is 4.79 Å². The molecular formula is C11H10BrNO3S. The fourth-order valence-corrected chi connectivity index (χ4v) is 2.76. The molecule has 0 bridgehead atoms. The van der Waals surface area contributed by atoms with E-state index in [1.165, 1.54) is 17.2 Å². The van der Waals surface area contributed by atoms with Gasteiger partial charge in [-0.15, -0.1) is 11.3 Å². The van der Waals surface area contributed by atoms with Crippen molar-refractivity contribution in [3.8, 4) is 0 Å². The quantitative estimate of drug-likeness (QED) is 0.890. The maximum Gasteiger partial charge on any atom is 0.338 e. The summed E-state index contributed by atoms with van der Waals surface area (Å²) < 4.78 is 6.19. The molecule has 0 radical (unpaired) electrons. The maximum atomic E-state index is 10.6. The minimum atomic E-state index is -0.970. The first kappa shape index (κ1) is 12.3. The van der Waals surface area contributed by atoms with Crippen molar-refractivity contribution in [3.05, 3.63) is 44.4 Å². The number of aromatic carboxylic acids is 1. The van der Waals surface area contributed by atoms with Crippen molar-refractivity contribution in [2.24, 2.45) is 0 Å². The van der Waals surface area contributed by atoms with Crippen LogP contribution in [0.15, 0.2) is 32.7 Å². The van der Waals surface area contributed by atoms with E-state index in [4.69, 9.17) is 9.52 Å². The Morgan fingerprint density at radius 1 is 1.47 bits per heavy atom. The normalized spacial score (nSPS) is 10.6. The lowest BCUT2D eigenvalue weighted by Gasteiger charge is -1.99. The van der Waals surface area contributed by atoms with Crippen molar-refractivity contribution >= 4 is 33.2 Å². The van der Waals surface area contributed by atoms with Crippen LogP contribution in [0.2, 0.25) is 0 Å². The van der Waals surface area contributed by atoms with Crippen LogP contribution in [0.1, 0.15) is 21.0 Å².